The lowest BCUT2D eigenvalue weighted by molar-refractivity contribution is 0.789. The largest absolute Gasteiger partial charge is 0.269 e. The second-order valence-electron chi connectivity index (χ2n) is 4.58. The molecule has 7 heteroatoms. The number of fused-ring (bicyclic) bond motifs is 1. The first kappa shape index (κ1) is 12.5. The van der Waals surface area contributed by atoms with E-state index in [-0.39, 0.29) is 11.4 Å². The first-order valence-corrected chi connectivity index (χ1v) is 6.53. The van der Waals surface area contributed by atoms with E-state index in [1.54, 1.807) is 0 Å². The molecule has 0 unspecified atom stereocenters. The molecular weight excluding hydrogens is 256 g/mol. The highest BCUT2D eigenvalue weighted by atomic mass is 16.1. The van der Waals surface area contributed by atoms with Crippen molar-refractivity contribution >= 4 is 5.65 Å². The van der Waals surface area contributed by atoms with Crippen LogP contribution in [-0.4, -0.2) is 30.0 Å². The van der Waals surface area contributed by atoms with Crippen molar-refractivity contribution in [2.45, 2.75) is 26.2 Å². The molecule has 0 fully saturated rings. The summed E-state index contributed by atoms with van der Waals surface area (Å²) in [6, 6.07) is 3.86. The lowest BCUT2D eigenvalue weighted by atomic mass is 10.1. The number of pyridine rings is 1. The average Bonchev–Trinajstić information content (AvgIpc) is 3.00. The monoisotopic (exact) mass is 270 g/mol. The lowest BCUT2D eigenvalue weighted by Crippen LogP contribution is -2.17. The molecule has 0 aliphatic rings. The number of nitrogens with zero attached hydrogens (tertiary/aromatic N) is 5. The number of unbranched alkanes of at least 4 members (excludes halogenated alkanes) is 1. The summed E-state index contributed by atoms with van der Waals surface area (Å²) in [5.74, 6) is 0.260. The summed E-state index contributed by atoms with van der Waals surface area (Å²) < 4.78 is 1.54. The molecule has 0 saturated carbocycles. The first-order chi connectivity index (χ1) is 9.79. The van der Waals surface area contributed by atoms with E-state index in [0.29, 0.717) is 11.2 Å². The van der Waals surface area contributed by atoms with Crippen molar-refractivity contribution in [2.75, 3.05) is 0 Å². The van der Waals surface area contributed by atoms with Crippen molar-refractivity contribution < 1.29 is 0 Å². The Morgan fingerprint density at radius 3 is 3.00 bits per heavy atom. The molecule has 0 bridgehead atoms. The molecule has 0 atom stereocenters. The second-order valence-corrected chi connectivity index (χ2v) is 4.58. The fourth-order valence-corrected chi connectivity index (χ4v) is 2.08. The SMILES string of the molecule is CCCCc1ccc2ncc(-c3nn[nH]n3)c(=O)n2c1. The van der Waals surface area contributed by atoms with Crippen LogP contribution in [0.25, 0.3) is 17.0 Å². The Bertz CT molecular complexity index is 777. The number of tetrazole rings is 1. The summed E-state index contributed by atoms with van der Waals surface area (Å²) in [6.07, 6.45) is 6.48. The number of rotatable bonds is 4. The molecule has 0 aliphatic heterocycles. The molecule has 0 aliphatic carbocycles. The predicted octanol–water partition coefficient (Wildman–Crippen LogP) is 1.22. The van der Waals surface area contributed by atoms with Gasteiger partial charge in [0.05, 0.1) is 0 Å². The van der Waals surface area contributed by atoms with Gasteiger partial charge < -0.3 is 0 Å². The molecular formula is C13H14N6O. The number of aromatic nitrogens is 6. The van der Waals surface area contributed by atoms with Gasteiger partial charge in [-0.05, 0) is 29.7 Å². The van der Waals surface area contributed by atoms with Gasteiger partial charge in [0.25, 0.3) is 5.56 Å². The Morgan fingerprint density at radius 2 is 2.25 bits per heavy atom. The van der Waals surface area contributed by atoms with Gasteiger partial charge in [-0.25, -0.2) is 4.98 Å². The summed E-state index contributed by atoms with van der Waals surface area (Å²) in [6.45, 7) is 2.14. The predicted molar refractivity (Wildman–Crippen MR) is 73.2 cm³/mol. The van der Waals surface area contributed by atoms with Gasteiger partial charge in [0.15, 0.2) is 0 Å². The number of H-pyrrole nitrogens is 1. The van der Waals surface area contributed by atoms with Gasteiger partial charge in [0.1, 0.15) is 11.2 Å². The third-order valence-electron chi connectivity index (χ3n) is 3.17. The minimum Gasteiger partial charge on any atom is -0.268 e. The summed E-state index contributed by atoms with van der Waals surface area (Å²) >= 11 is 0. The van der Waals surface area contributed by atoms with Gasteiger partial charge in [-0.2, -0.15) is 5.21 Å². The van der Waals surface area contributed by atoms with Crippen molar-refractivity contribution in [3.8, 4) is 11.4 Å². The lowest BCUT2D eigenvalue weighted by Gasteiger charge is -2.05. The first-order valence-electron chi connectivity index (χ1n) is 6.53. The molecule has 0 radical (unpaired) electrons. The van der Waals surface area contributed by atoms with Crippen LogP contribution in [0.15, 0.2) is 29.3 Å². The number of aromatic amines is 1. The zero-order valence-electron chi connectivity index (χ0n) is 11.1. The molecule has 0 aromatic carbocycles. The van der Waals surface area contributed by atoms with E-state index < -0.39 is 0 Å². The van der Waals surface area contributed by atoms with Crippen LogP contribution in [0, 0.1) is 0 Å². The quantitative estimate of drug-likeness (QED) is 0.770. The zero-order chi connectivity index (χ0) is 13.9. The minimum atomic E-state index is -0.185. The third kappa shape index (κ3) is 2.18. The minimum absolute atomic E-state index is 0.185. The van der Waals surface area contributed by atoms with E-state index >= 15 is 0 Å². The maximum absolute atomic E-state index is 12.5. The van der Waals surface area contributed by atoms with Crippen LogP contribution in [0.4, 0.5) is 0 Å². The number of aryl methyl sites for hydroxylation is 1. The maximum atomic E-state index is 12.5. The second kappa shape index (κ2) is 5.20. The Hall–Kier alpha value is -2.57. The fraction of sp³-hybridized carbons (Fsp3) is 0.308. The van der Waals surface area contributed by atoms with Crippen LogP contribution >= 0.6 is 0 Å². The summed E-state index contributed by atoms with van der Waals surface area (Å²) in [5.41, 5.74) is 1.88. The molecule has 3 aromatic heterocycles. The molecule has 3 heterocycles. The zero-order valence-corrected chi connectivity index (χ0v) is 11.1. The fourth-order valence-electron chi connectivity index (χ4n) is 2.08. The highest BCUT2D eigenvalue weighted by Crippen LogP contribution is 2.10. The van der Waals surface area contributed by atoms with Crippen molar-refractivity contribution in [1.82, 2.24) is 30.0 Å². The van der Waals surface area contributed by atoms with Crippen LogP contribution in [0.1, 0.15) is 25.3 Å². The molecule has 0 spiro atoms. The molecule has 3 aromatic rings. The molecule has 7 nitrogen and oxygen atoms in total. The highest BCUT2D eigenvalue weighted by molar-refractivity contribution is 5.54. The standard InChI is InChI=1S/C13H14N6O/c1-2-3-4-9-5-6-11-14-7-10(12-15-17-18-16-12)13(20)19(11)8-9/h5-8H,2-4H2,1H3,(H,15,16,17,18). The topological polar surface area (TPSA) is 88.8 Å². The maximum Gasteiger partial charge on any atom is 0.269 e. The van der Waals surface area contributed by atoms with Gasteiger partial charge >= 0.3 is 0 Å². The van der Waals surface area contributed by atoms with Gasteiger partial charge in [0, 0.05) is 12.4 Å². The molecule has 0 amide bonds. The summed E-state index contributed by atoms with van der Waals surface area (Å²) in [4.78, 5) is 16.7. The third-order valence-corrected chi connectivity index (χ3v) is 3.17. The van der Waals surface area contributed by atoms with Crippen molar-refractivity contribution in [1.29, 1.82) is 0 Å². The van der Waals surface area contributed by atoms with Crippen molar-refractivity contribution in [3.05, 3.63) is 40.4 Å². The Labute approximate surface area is 114 Å². The average molecular weight is 270 g/mol. The van der Waals surface area contributed by atoms with E-state index in [9.17, 15) is 4.79 Å². The van der Waals surface area contributed by atoms with E-state index in [4.69, 9.17) is 0 Å². The highest BCUT2D eigenvalue weighted by Gasteiger charge is 2.11. The number of nitrogens with one attached hydrogen (secondary N) is 1. The van der Waals surface area contributed by atoms with Gasteiger partial charge in [0.2, 0.25) is 5.82 Å². The Morgan fingerprint density at radius 1 is 1.35 bits per heavy atom. The normalized spacial score (nSPS) is 11.1. The molecule has 20 heavy (non-hydrogen) atoms. The van der Waals surface area contributed by atoms with Crippen LogP contribution in [0.3, 0.4) is 0 Å². The summed E-state index contributed by atoms with van der Waals surface area (Å²) in [7, 11) is 0. The van der Waals surface area contributed by atoms with Crippen LogP contribution in [-0.2, 0) is 6.42 Å². The molecule has 1 N–H and O–H groups in total. The van der Waals surface area contributed by atoms with Gasteiger partial charge in [-0.3, -0.25) is 9.20 Å². The van der Waals surface area contributed by atoms with Crippen LogP contribution < -0.4 is 5.56 Å². The Kier molecular flexibility index (Phi) is 3.24. The van der Waals surface area contributed by atoms with Crippen LogP contribution in [0.2, 0.25) is 0 Å². The van der Waals surface area contributed by atoms with Crippen LogP contribution in [0.5, 0.6) is 0 Å². The number of hydrogen-bond acceptors (Lipinski definition) is 5. The number of hydrogen-bond donors (Lipinski definition) is 1. The Balaban J connectivity index is 2.13. The van der Waals surface area contributed by atoms with Gasteiger partial charge in [-0.1, -0.05) is 19.4 Å². The van der Waals surface area contributed by atoms with E-state index in [1.807, 2.05) is 18.3 Å². The van der Waals surface area contributed by atoms with Crippen molar-refractivity contribution in [3.63, 3.8) is 0 Å². The molecule has 3 rings (SSSR count). The van der Waals surface area contributed by atoms with E-state index in [0.717, 1.165) is 24.8 Å². The van der Waals surface area contributed by atoms with E-state index in [1.165, 1.54) is 10.6 Å². The molecule has 102 valence electrons. The van der Waals surface area contributed by atoms with Crippen molar-refractivity contribution in [2.24, 2.45) is 0 Å². The van der Waals surface area contributed by atoms with Gasteiger partial charge in [-0.15, -0.1) is 10.2 Å². The van der Waals surface area contributed by atoms with E-state index in [2.05, 4.69) is 32.5 Å². The summed E-state index contributed by atoms with van der Waals surface area (Å²) in [5, 5.41) is 13.5. The molecule has 0 saturated heterocycles. The smallest absolute Gasteiger partial charge is 0.268 e.